The predicted octanol–water partition coefficient (Wildman–Crippen LogP) is 2.37. The highest BCUT2D eigenvalue weighted by atomic mass is 16.5. The van der Waals surface area contributed by atoms with Crippen LogP contribution in [-0.4, -0.2) is 45.4 Å². The van der Waals surface area contributed by atoms with Crippen LogP contribution in [0.25, 0.3) is 0 Å². The van der Waals surface area contributed by atoms with Crippen LogP contribution in [0.3, 0.4) is 0 Å². The van der Waals surface area contributed by atoms with Gasteiger partial charge in [-0.3, -0.25) is 9.88 Å². The number of pyridine rings is 1. The average molecular weight is 342 g/mol. The van der Waals surface area contributed by atoms with Crippen molar-refractivity contribution >= 4 is 0 Å². The zero-order valence-corrected chi connectivity index (χ0v) is 14.5. The van der Waals surface area contributed by atoms with Crippen LogP contribution in [0, 0.1) is 0 Å². The fourth-order valence-corrected chi connectivity index (χ4v) is 3.14. The van der Waals surface area contributed by atoms with Crippen molar-refractivity contribution in [2.75, 3.05) is 19.7 Å². The van der Waals surface area contributed by atoms with E-state index in [1.165, 1.54) is 5.56 Å². The fourth-order valence-electron chi connectivity index (χ4n) is 3.14. The molecule has 2 N–H and O–H groups in total. The lowest BCUT2D eigenvalue weighted by Crippen LogP contribution is -2.34. The maximum atomic E-state index is 10.2. The number of ether oxygens (including phenoxy) is 1. The molecule has 1 aliphatic heterocycles. The Kier molecular flexibility index (Phi) is 6.02. The molecule has 25 heavy (non-hydrogen) atoms. The lowest BCUT2D eigenvalue weighted by molar-refractivity contribution is -0.0255. The van der Waals surface area contributed by atoms with Crippen molar-refractivity contribution in [1.29, 1.82) is 0 Å². The number of aromatic nitrogens is 1. The van der Waals surface area contributed by atoms with Crippen molar-refractivity contribution in [3.05, 3.63) is 59.9 Å². The Morgan fingerprint density at radius 3 is 2.64 bits per heavy atom. The Hall–Kier alpha value is -1.95. The first-order chi connectivity index (χ1) is 12.2. The fraction of sp³-hybridized carbons (Fsp3) is 0.450. The molecule has 1 aromatic carbocycles. The molecular formula is C20H26N2O3. The van der Waals surface area contributed by atoms with Crippen LogP contribution in [-0.2, 0) is 13.2 Å². The van der Waals surface area contributed by atoms with Gasteiger partial charge in [0.25, 0.3) is 0 Å². The van der Waals surface area contributed by atoms with Gasteiger partial charge in [0.2, 0.25) is 0 Å². The van der Waals surface area contributed by atoms with Crippen molar-refractivity contribution < 1.29 is 14.9 Å². The minimum absolute atomic E-state index is 0.150. The first kappa shape index (κ1) is 17.9. The standard InChI is InChI=1S/C20H26N2O3/c23-16-20(24)9-3-12-22(13-10-20)14-17-5-7-19(8-6-17)25-15-18-4-1-2-11-21-18/h1-2,4-8,11,23-24H,3,9-10,12-16H2/t20-/m1/s1. The Bertz CT molecular complexity index is 648. The summed E-state index contributed by atoms with van der Waals surface area (Å²) >= 11 is 0. The SMILES string of the molecule is OC[C@@]1(O)CCCN(Cc2ccc(OCc3ccccn3)cc2)CC1. The van der Waals surface area contributed by atoms with E-state index in [4.69, 9.17) is 4.74 Å². The largest absolute Gasteiger partial charge is 0.487 e. The van der Waals surface area contributed by atoms with Crippen LogP contribution in [0.4, 0.5) is 0 Å². The first-order valence-corrected chi connectivity index (χ1v) is 8.84. The summed E-state index contributed by atoms with van der Waals surface area (Å²) in [6, 6.07) is 13.9. The minimum atomic E-state index is -0.905. The lowest BCUT2D eigenvalue weighted by atomic mass is 9.96. The van der Waals surface area contributed by atoms with Crippen LogP contribution in [0.1, 0.15) is 30.5 Å². The third kappa shape index (κ3) is 5.26. The van der Waals surface area contributed by atoms with Gasteiger partial charge in [0, 0.05) is 19.3 Å². The molecule has 0 unspecified atom stereocenters. The molecule has 5 nitrogen and oxygen atoms in total. The van der Waals surface area contributed by atoms with Gasteiger partial charge in [0.05, 0.1) is 17.9 Å². The number of likely N-dealkylation sites (tertiary alicyclic amines) is 1. The predicted molar refractivity (Wildman–Crippen MR) is 96.2 cm³/mol. The van der Waals surface area contributed by atoms with Gasteiger partial charge >= 0.3 is 0 Å². The number of hydrogen-bond donors (Lipinski definition) is 2. The van der Waals surface area contributed by atoms with Crippen LogP contribution in [0.15, 0.2) is 48.7 Å². The molecule has 0 spiro atoms. The summed E-state index contributed by atoms with van der Waals surface area (Å²) in [7, 11) is 0. The van der Waals surface area contributed by atoms with Gasteiger partial charge in [0.15, 0.2) is 0 Å². The highest BCUT2D eigenvalue weighted by molar-refractivity contribution is 5.27. The van der Waals surface area contributed by atoms with Gasteiger partial charge in [0.1, 0.15) is 12.4 Å². The summed E-state index contributed by atoms with van der Waals surface area (Å²) in [6.07, 6.45) is 3.96. The van der Waals surface area contributed by atoms with Crippen molar-refractivity contribution in [3.63, 3.8) is 0 Å². The summed E-state index contributed by atoms with van der Waals surface area (Å²) in [5, 5.41) is 19.6. The molecule has 1 saturated heterocycles. The van der Waals surface area contributed by atoms with E-state index >= 15 is 0 Å². The molecule has 0 amide bonds. The highest BCUT2D eigenvalue weighted by Gasteiger charge is 2.29. The van der Waals surface area contributed by atoms with Crippen LogP contribution in [0.5, 0.6) is 5.75 Å². The summed E-state index contributed by atoms with van der Waals surface area (Å²) in [4.78, 5) is 6.58. The zero-order chi connectivity index (χ0) is 17.5. The van der Waals surface area contributed by atoms with E-state index in [0.29, 0.717) is 19.4 Å². The lowest BCUT2D eigenvalue weighted by Gasteiger charge is -2.24. The monoisotopic (exact) mass is 342 g/mol. The van der Waals surface area contributed by atoms with E-state index in [2.05, 4.69) is 22.0 Å². The normalized spacial score (nSPS) is 21.7. The van der Waals surface area contributed by atoms with Crippen molar-refractivity contribution in [1.82, 2.24) is 9.88 Å². The molecule has 1 aliphatic rings. The van der Waals surface area contributed by atoms with E-state index in [9.17, 15) is 10.2 Å². The minimum Gasteiger partial charge on any atom is -0.487 e. The molecule has 2 heterocycles. The first-order valence-electron chi connectivity index (χ1n) is 8.84. The summed E-state index contributed by atoms with van der Waals surface area (Å²) < 4.78 is 5.76. The average Bonchev–Trinajstić information content (AvgIpc) is 2.84. The van der Waals surface area contributed by atoms with E-state index in [-0.39, 0.29) is 6.61 Å². The molecule has 134 valence electrons. The maximum absolute atomic E-state index is 10.2. The molecule has 1 aromatic heterocycles. The van der Waals surface area contributed by atoms with Gasteiger partial charge in [-0.1, -0.05) is 18.2 Å². The Morgan fingerprint density at radius 1 is 1.08 bits per heavy atom. The third-order valence-corrected chi connectivity index (χ3v) is 4.75. The Balaban J connectivity index is 1.50. The summed E-state index contributed by atoms with van der Waals surface area (Å²) in [5.74, 6) is 0.833. The van der Waals surface area contributed by atoms with Gasteiger partial charge in [-0.2, -0.15) is 0 Å². The molecule has 2 aromatic rings. The molecule has 0 aliphatic carbocycles. The number of nitrogens with zero attached hydrogens (tertiary/aromatic N) is 2. The van der Waals surface area contributed by atoms with E-state index in [1.54, 1.807) is 6.20 Å². The third-order valence-electron chi connectivity index (χ3n) is 4.75. The Morgan fingerprint density at radius 2 is 1.92 bits per heavy atom. The second-order valence-corrected chi connectivity index (χ2v) is 6.77. The second-order valence-electron chi connectivity index (χ2n) is 6.77. The smallest absolute Gasteiger partial charge is 0.130 e. The van der Waals surface area contributed by atoms with Gasteiger partial charge in [-0.15, -0.1) is 0 Å². The van der Waals surface area contributed by atoms with E-state index in [0.717, 1.165) is 37.5 Å². The molecule has 5 heteroatoms. The van der Waals surface area contributed by atoms with E-state index in [1.807, 2.05) is 30.3 Å². The van der Waals surface area contributed by atoms with Gasteiger partial charge in [-0.25, -0.2) is 0 Å². The van der Waals surface area contributed by atoms with Crippen molar-refractivity contribution in [2.45, 2.75) is 38.0 Å². The molecule has 3 rings (SSSR count). The van der Waals surface area contributed by atoms with Gasteiger partial charge in [-0.05, 0) is 55.6 Å². The van der Waals surface area contributed by atoms with Crippen LogP contribution in [0.2, 0.25) is 0 Å². The molecule has 0 bridgehead atoms. The zero-order valence-electron chi connectivity index (χ0n) is 14.5. The number of aliphatic hydroxyl groups is 2. The summed E-state index contributed by atoms with van der Waals surface area (Å²) in [5.41, 5.74) is 1.23. The van der Waals surface area contributed by atoms with E-state index < -0.39 is 5.60 Å². The number of hydrogen-bond acceptors (Lipinski definition) is 5. The molecule has 0 radical (unpaired) electrons. The molecular weight excluding hydrogens is 316 g/mol. The quantitative estimate of drug-likeness (QED) is 0.844. The highest BCUT2D eigenvalue weighted by Crippen LogP contribution is 2.23. The van der Waals surface area contributed by atoms with Crippen molar-refractivity contribution in [2.24, 2.45) is 0 Å². The molecule has 1 atom stereocenters. The topological polar surface area (TPSA) is 65.8 Å². The van der Waals surface area contributed by atoms with Gasteiger partial charge < -0.3 is 14.9 Å². The van der Waals surface area contributed by atoms with Crippen molar-refractivity contribution in [3.8, 4) is 5.75 Å². The molecule has 1 fully saturated rings. The number of rotatable bonds is 6. The summed E-state index contributed by atoms with van der Waals surface area (Å²) in [6.45, 7) is 2.91. The second kappa shape index (κ2) is 8.43. The number of aliphatic hydroxyl groups excluding tert-OH is 1. The number of benzene rings is 1. The Labute approximate surface area is 148 Å². The maximum Gasteiger partial charge on any atom is 0.130 e. The molecule has 0 saturated carbocycles. The van der Waals surface area contributed by atoms with Crippen LogP contribution < -0.4 is 4.74 Å². The van der Waals surface area contributed by atoms with Crippen LogP contribution >= 0.6 is 0 Å².